The first-order chi connectivity index (χ1) is 15.2. The Hall–Kier alpha value is -3.35. The number of aliphatic hydroxyl groups is 4. The summed E-state index contributed by atoms with van der Waals surface area (Å²) in [6.45, 7) is -0.704. The third kappa shape index (κ3) is 3.72. The molecule has 11 nitrogen and oxygen atoms in total. The molecule has 170 valence electrons. The summed E-state index contributed by atoms with van der Waals surface area (Å²) in [6, 6.07) is 7.92. The van der Waals surface area contributed by atoms with Crippen LogP contribution in [0, 0.1) is 0 Å². The van der Waals surface area contributed by atoms with Crippen molar-refractivity contribution in [1.29, 1.82) is 0 Å². The molecule has 1 aliphatic heterocycles. The number of benzene rings is 2. The molecule has 0 spiro atoms. The van der Waals surface area contributed by atoms with E-state index < -0.39 is 60.0 Å². The minimum Gasteiger partial charge on any atom is -0.508 e. The topological polar surface area (TPSA) is 190 Å². The number of aromatic hydroxyl groups is 3. The van der Waals surface area contributed by atoms with Crippen molar-refractivity contribution in [3.05, 3.63) is 46.6 Å². The van der Waals surface area contributed by atoms with Gasteiger partial charge in [-0.15, -0.1) is 0 Å². The van der Waals surface area contributed by atoms with Crippen molar-refractivity contribution in [2.45, 2.75) is 30.7 Å². The summed E-state index contributed by atoms with van der Waals surface area (Å²) < 4.78 is 16.1. The predicted octanol–water partition coefficient (Wildman–Crippen LogP) is -0.245. The van der Waals surface area contributed by atoms with E-state index in [1.54, 1.807) is 0 Å². The van der Waals surface area contributed by atoms with Crippen LogP contribution in [0.15, 0.2) is 45.6 Å². The first kappa shape index (κ1) is 21.9. The van der Waals surface area contributed by atoms with Crippen molar-refractivity contribution < 1.29 is 49.6 Å². The van der Waals surface area contributed by atoms with Crippen LogP contribution in [0.5, 0.6) is 23.0 Å². The van der Waals surface area contributed by atoms with Crippen molar-refractivity contribution in [3.8, 4) is 34.3 Å². The molecule has 0 radical (unpaired) electrons. The van der Waals surface area contributed by atoms with Crippen LogP contribution in [-0.2, 0) is 4.74 Å². The summed E-state index contributed by atoms with van der Waals surface area (Å²) in [7, 11) is 0. The predicted molar refractivity (Wildman–Crippen MR) is 107 cm³/mol. The molecule has 32 heavy (non-hydrogen) atoms. The van der Waals surface area contributed by atoms with Crippen LogP contribution in [-0.4, -0.2) is 73.1 Å². The lowest BCUT2D eigenvalue weighted by Crippen LogP contribution is -2.60. The number of ether oxygens (including phenoxy) is 2. The van der Waals surface area contributed by atoms with E-state index >= 15 is 0 Å². The van der Waals surface area contributed by atoms with Crippen molar-refractivity contribution in [2.75, 3.05) is 6.61 Å². The van der Waals surface area contributed by atoms with E-state index in [0.717, 1.165) is 12.1 Å². The fraction of sp³-hybridized carbons (Fsp3) is 0.286. The number of phenols is 3. The molecule has 1 aliphatic rings. The van der Waals surface area contributed by atoms with Crippen molar-refractivity contribution in [3.63, 3.8) is 0 Å². The lowest BCUT2D eigenvalue weighted by molar-refractivity contribution is -0.277. The van der Waals surface area contributed by atoms with Crippen LogP contribution in [0.4, 0.5) is 0 Å². The van der Waals surface area contributed by atoms with Gasteiger partial charge in [-0.1, -0.05) is 0 Å². The molecule has 2 heterocycles. The summed E-state index contributed by atoms with van der Waals surface area (Å²) >= 11 is 0. The Morgan fingerprint density at radius 2 is 1.62 bits per heavy atom. The van der Waals surface area contributed by atoms with E-state index in [9.17, 15) is 40.5 Å². The molecule has 4 rings (SSSR count). The second-order valence-corrected chi connectivity index (χ2v) is 7.28. The quantitative estimate of drug-likeness (QED) is 0.279. The average molecular weight is 448 g/mol. The Bertz CT molecular complexity index is 1190. The van der Waals surface area contributed by atoms with Gasteiger partial charge in [0.1, 0.15) is 46.9 Å². The van der Waals surface area contributed by atoms with Crippen LogP contribution >= 0.6 is 0 Å². The van der Waals surface area contributed by atoms with Crippen LogP contribution in [0.1, 0.15) is 0 Å². The number of aliphatic hydroxyl groups excluding tert-OH is 4. The molecule has 1 fully saturated rings. The molecule has 11 heteroatoms. The fourth-order valence-electron chi connectivity index (χ4n) is 3.44. The Balaban J connectivity index is 1.74. The Kier molecular flexibility index (Phi) is 5.67. The molecule has 5 atom stereocenters. The van der Waals surface area contributed by atoms with E-state index in [1.807, 2.05) is 0 Å². The Labute approximate surface area is 179 Å². The third-order valence-electron chi connectivity index (χ3n) is 5.16. The lowest BCUT2D eigenvalue weighted by atomic mass is 9.99. The van der Waals surface area contributed by atoms with Gasteiger partial charge in [0, 0.05) is 17.7 Å². The molecule has 0 amide bonds. The highest BCUT2D eigenvalue weighted by Crippen LogP contribution is 2.43. The molecule has 2 aromatic carbocycles. The monoisotopic (exact) mass is 448 g/mol. The van der Waals surface area contributed by atoms with Gasteiger partial charge in [-0.05, 0) is 24.3 Å². The van der Waals surface area contributed by atoms with Gasteiger partial charge in [-0.3, -0.25) is 4.79 Å². The van der Waals surface area contributed by atoms with Crippen molar-refractivity contribution in [2.24, 2.45) is 0 Å². The van der Waals surface area contributed by atoms with Crippen LogP contribution < -0.4 is 10.2 Å². The maximum Gasteiger partial charge on any atom is 0.229 e. The van der Waals surface area contributed by atoms with Gasteiger partial charge in [0.2, 0.25) is 12.0 Å². The van der Waals surface area contributed by atoms with E-state index in [1.165, 1.54) is 24.3 Å². The SMILES string of the molecule is O=c1cc(-c2ccc(O)cc2)oc2cc(O)c(O[C@@H]3OC(CO)[C@@H](O)[C@H](O)C3O)c(O)c12. The van der Waals surface area contributed by atoms with Crippen molar-refractivity contribution in [1.82, 2.24) is 0 Å². The number of hydrogen-bond acceptors (Lipinski definition) is 11. The molecule has 3 aromatic rings. The van der Waals surface area contributed by atoms with E-state index in [4.69, 9.17) is 13.9 Å². The minimum atomic E-state index is -1.80. The highest BCUT2D eigenvalue weighted by atomic mass is 16.7. The maximum atomic E-state index is 12.7. The molecule has 0 bridgehead atoms. The summed E-state index contributed by atoms with van der Waals surface area (Å²) in [5.74, 6) is -1.97. The Morgan fingerprint density at radius 1 is 0.938 bits per heavy atom. The molecule has 1 aromatic heterocycles. The zero-order valence-corrected chi connectivity index (χ0v) is 16.3. The number of phenolic OH excluding ortho intramolecular Hbond substituents is 3. The van der Waals surface area contributed by atoms with Gasteiger partial charge in [0.05, 0.1) is 6.61 Å². The summed E-state index contributed by atoms with van der Waals surface area (Å²) in [4.78, 5) is 12.7. The zero-order chi connectivity index (χ0) is 23.2. The highest BCUT2D eigenvalue weighted by molar-refractivity contribution is 5.89. The molecule has 1 saturated heterocycles. The van der Waals surface area contributed by atoms with Gasteiger partial charge >= 0.3 is 0 Å². The second-order valence-electron chi connectivity index (χ2n) is 7.28. The summed E-state index contributed by atoms with van der Waals surface area (Å²) in [5, 5.41) is 69.1. The fourth-order valence-corrected chi connectivity index (χ4v) is 3.44. The van der Waals surface area contributed by atoms with Crippen LogP contribution in [0.2, 0.25) is 0 Å². The zero-order valence-electron chi connectivity index (χ0n) is 16.3. The number of hydrogen-bond donors (Lipinski definition) is 7. The molecule has 2 unspecified atom stereocenters. The molecular weight excluding hydrogens is 428 g/mol. The maximum absolute atomic E-state index is 12.7. The van der Waals surface area contributed by atoms with Crippen molar-refractivity contribution >= 4 is 11.0 Å². The van der Waals surface area contributed by atoms with Gasteiger partial charge < -0.3 is 49.6 Å². The third-order valence-corrected chi connectivity index (χ3v) is 5.16. The normalized spacial score (nSPS) is 25.7. The largest absolute Gasteiger partial charge is 0.508 e. The minimum absolute atomic E-state index is 0.0159. The molecule has 7 N–H and O–H groups in total. The first-order valence-electron chi connectivity index (χ1n) is 9.50. The number of rotatable bonds is 4. The second kappa shape index (κ2) is 8.30. The average Bonchev–Trinajstić information content (AvgIpc) is 2.76. The van der Waals surface area contributed by atoms with Crippen LogP contribution in [0.3, 0.4) is 0 Å². The smallest absolute Gasteiger partial charge is 0.229 e. The Morgan fingerprint density at radius 3 is 2.28 bits per heavy atom. The van der Waals surface area contributed by atoms with E-state index in [0.29, 0.717) is 5.56 Å². The summed E-state index contributed by atoms with van der Waals surface area (Å²) in [5.41, 5.74) is -0.385. The van der Waals surface area contributed by atoms with Gasteiger partial charge in [-0.25, -0.2) is 0 Å². The van der Waals surface area contributed by atoms with E-state index in [-0.39, 0.29) is 22.5 Å². The molecule has 0 saturated carbocycles. The van der Waals surface area contributed by atoms with Crippen LogP contribution in [0.25, 0.3) is 22.3 Å². The summed E-state index contributed by atoms with van der Waals surface area (Å²) in [6.07, 6.45) is -8.13. The highest BCUT2D eigenvalue weighted by Gasteiger charge is 2.45. The van der Waals surface area contributed by atoms with Gasteiger partial charge in [0.25, 0.3) is 0 Å². The standard InChI is InChI=1S/C21H20O11/c22-7-14-16(26)18(28)19(29)21(31-14)32-20-11(25)6-13-15(17(20)27)10(24)5-12(30-13)8-1-3-9(23)4-2-8/h1-6,14,16,18-19,21-23,25-29H,7H2/t14?,16-,18+,19?,21+/m1/s1. The van der Waals surface area contributed by atoms with Gasteiger partial charge in [0.15, 0.2) is 16.9 Å². The first-order valence-corrected chi connectivity index (χ1v) is 9.50. The van der Waals surface area contributed by atoms with E-state index in [2.05, 4.69) is 0 Å². The van der Waals surface area contributed by atoms with Gasteiger partial charge in [-0.2, -0.15) is 0 Å². The molecule has 0 aliphatic carbocycles. The number of fused-ring (bicyclic) bond motifs is 1. The lowest BCUT2D eigenvalue weighted by Gasteiger charge is -2.39. The molecular formula is C21H20O11.